The van der Waals surface area contributed by atoms with E-state index in [0.29, 0.717) is 5.69 Å². The van der Waals surface area contributed by atoms with Crippen LogP contribution in [-0.4, -0.2) is 41.6 Å². The summed E-state index contributed by atoms with van der Waals surface area (Å²) in [5.41, 5.74) is 1.88. The number of likely N-dealkylation sites (tertiary alicyclic amines) is 1. The molecule has 1 fully saturated rings. The number of nitrogens with zero attached hydrogens (tertiary/aromatic N) is 1. The lowest BCUT2D eigenvalue weighted by molar-refractivity contribution is 0.0505. The molecule has 0 radical (unpaired) electrons. The number of ether oxygens (including phenoxy) is 1. The monoisotopic (exact) mass is 284 g/mol. The maximum absolute atomic E-state index is 12.6. The second kappa shape index (κ2) is 6.14. The predicted octanol–water partition coefficient (Wildman–Crippen LogP) is 2.49. The topological polar surface area (TPSA) is 45.3 Å². The van der Waals surface area contributed by atoms with E-state index in [0.717, 1.165) is 19.4 Å². The second-order valence-electron chi connectivity index (χ2n) is 5.40. The lowest BCUT2D eigenvalue weighted by Gasteiger charge is -2.27. The van der Waals surface area contributed by atoms with Gasteiger partial charge in [0.1, 0.15) is 5.69 Å². The summed E-state index contributed by atoms with van der Waals surface area (Å²) in [6, 6.07) is 14.0. The SMILES string of the molecule is CO[C@H]1CCN(C(=O)c2ccc[nH]2)[C@H]1Cc1ccccc1. The molecule has 0 aliphatic carbocycles. The Hall–Kier alpha value is -2.07. The summed E-state index contributed by atoms with van der Waals surface area (Å²) in [6.07, 6.45) is 3.60. The number of benzene rings is 1. The van der Waals surface area contributed by atoms with Crippen LogP contribution in [0.5, 0.6) is 0 Å². The summed E-state index contributed by atoms with van der Waals surface area (Å²) in [4.78, 5) is 17.5. The maximum Gasteiger partial charge on any atom is 0.270 e. The van der Waals surface area contributed by atoms with Crippen LogP contribution in [0.4, 0.5) is 0 Å². The minimum atomic E-state index is 0.0560. The van der Waals surface area contributed by atoms with E-state index >= 15 is 0 Å². The van der Waals surface area contributed by atoms with Crippen LogP contribution in [0.25, 0.3) is 0 Å². The van der Waals surface area contributed by atoms with E-state index in [2.05, 4.69) is 17.1 Å². The molecule has 1 amide bonds. The van der Waals surface area contributed by atoms with Crippen LogP contribution in [0.15, 0.2) is 48.7 Å². The number of hydrogen-bond donors (Lipinski definition) is 1. The van der Waals surface area contributed by atoms with Crippen molar-refractivity contribution in [3.05, 3.63) is 59.9 Å². The van der Waals surface area contributed by atoms with Gasteiger partial charge in [0.05, 0.1) is 12.1 Å². The van der Waals surface area contributed by atoms with Crippen LogP contribution < -0.4 is 0 Å². The molecule has 2 aromatic rings. The van der Waals surface area contributed by atoms with Crippen molar-refractivity contribution in [3.8, 4) is 0 Å². The summed E-state index contributed by atoms with van der Waals surface area (Å²) >= 11 is 0. The van der Waals surface area contributed by atoms with Crippen molar-refractivity contribution in [2.24, 2.45) is 0 Å². The number of carbonyl (C=O) groups excluding carboxylic acids is 1. The summed E-state index contributed by atoms with van der Waals surface area (Å²) < 4.78 is 5.59. The number of aromatic nitrogens is 1. The predicted molar refractivity (Wildman–Crippen MR) is 81.2 cm³/mol. The van der Waals surface area contributed by atoms with Gasteiger partial charge in [0.25, 0.3) is 5.91 Å². The van der Waals surface area contributed by atoms with Gasteiger partial charge in [-0.1, -0.05) is 30.3 Å². The minimum Gasteiger partial charge on any atom is -0.379 e. The molecule has 3 rings (SSSR count). The molecule has 1 aliphatic rings. The highest BCUT2D eigenvalue weighted by Gasteiger charge is 2.37. The molecular weight excluding hydrogens is 264 g/mol. The Morgan fingerprint density at radius 1 is 1.29 bits per heavy atom. The maximum atomic E-state index is 12.6. The second-order valence-corrected chi connectivity index (χ2v) is 5.40. The number of rotatable bonds is 4. The van der Waals surface area contributed by atoms with E-state index < -0.39 is 0 Å². The van der Waals surface area contributed by atoms with Crippen LogP contribution in [-0.2, 0) is 11.2 Å². The summed E-state index contributed by atoms with van der Waals surface area (Å²) in [6.45, 7) is 0.744. The third-order valence-electron chi connectivity index (χ3n) is 4.16. The molecule has 4 heteroatoms. The third kappa shape index (κ3) is 2.85. The molecule has 4 nitrogen and oxygen atoms in total. The van der Waals surface area contributed by atoms with Crippen molar-refractivity contribution >= 4 is 5.91 Å². The number of methoxy groups -OCH3 is 1. The Balaban J connectivity index is 1.80. The van der Waals surface area contributed by atoms with Gasteiger partial charge in [-0.3, -0.25) is 4.79 Å². The number of hydrogen-bond acceptors (Lipinski definition) is 2. The Kier molecular flexibility index (Phi) is 4.06. The number of nitrogens with one attached hydrogen (secondary N) is 1. The van der Waals surface area contributed by atoms with Gasteiger partial charge in [-0.05, 0) is 30.5 Å². The van der Waals surface area contributed by atoms with Crippen molar-refractivity contribution in [1.29, 1.82) is 0 Å². The van der Waals surface area contributed by atoms with Gasteiger partial charge in [0, 0.05) is 19.9 Å². The van der Waals surface area contributed by atoms with Crippen LogP contribution in [0.3, 0.4) is 0 Å². The number of H-pyrrole nitrogens is 1. The van der Waals surface area contributed by atoms with E-state index in [1.165, 1.54) is 5.56 Å². The lowest BCUT2D eigenvalue weighted by Crippen LogP contribution is -2.41. The van der Waals surface area contributed by atoms with Crippen LogP contribution in [0.1, 0.15) is 22.5 Å². The first-order chi connectivity index (χ1) is 10.3. The molecule has 1 aromatic carbocycles. The fourth-order valence-corrected chi connectivity index (χ4v) is 3.07. The van der Waals surface area contributed by atoms with E-state index in [1.807, 2.05) is 35.2 Å². The molecule has 1 aliphatic heterocycles. The zero-order valence-electron chi connectivity index (χ0n) is 12.2. The molecule has 0 saturated carbocycles. The first kappa shape index (κ1) is 13.9. The van der Waals surface area contributed by atoms with Gasteiger partial charge in [0.2, 0.25) is 0 Å². The lowest BCUT2D eigenvalue weighted by atomic mass is 10.0. The van der Waals surface area contributed by atoms with E-state index in [1.54, 1.807) is 13.3 Å². The van der Waals surface area contributed by atoms with Gasteiger partial charge >= 0.3 is 0 Å². The normalized spacial score (nSPS) is 21.7. The zero-order chi connectivity index (χ0) is 14.7. The Bertz CT molecular complexity index is 580. The Morgan fingerprint density at radius 3 is 2.76 bits per heavy atom. The van der Waals surface area contributed by atoms with E-state index in [4.69, 9.17) is 4.74 Å². The number of aromatic amines is 1. The van der Waals surface area contributed by atoms with Crippen molar-refractivity contribution in [3.63, 3.8) is 0 Å². The average molecular weight is 284 g/mol. The molecule has 0 spiro atoms. The quantitative estimate of drug-likeness (QED) is 0.937. The van der Waals surface area contributed by atoms with Gasteiger partial charge < -0.3 is 14.6 Å². The average Bonchev–Trinajstić information content (AvgIpc) is 3.17. The smallest absolute Gasteiger partial charge is 0.270 e. The van der Waals surface area contributed by atoms with E-state index in [-0.39, 0.29) is 18.1 Å². The minimum absolute atomic E-state index is 0.0560. The summed E-state index contributed by atoms with van der Waals surface area (Å²) in [5, 5.41) is 0. The summed E-state index contributed by atoms with van der Waals surface area (Å²) in [5.74, 6) is 0.0560. The van der Waals surface area contributed by atoms with Crippen molar-refractivity contribution < 1.29 is 9.53 Å². The highest BCUT2D eigenvalue weighted by Crippen LogP contribution is 2.25. The van der Waals surface area contributed by atoms with Crippen LogP contribution >= 0.6 is 0 Å². The molecule has 0 bridgehead atoms. The van der Waals surface area contributed by atoms with Crippen LogP contribution in [0.2, 0.25) is 0 Å². The molecule has 2 atom stereocenters. The van der Waals surface area contributed by atoms with Gasteiger partial charge in [0.15, 0.2) is 0 Å². The van der Waals surface area contributed by atoms with Gasteiger partial charge in [-0.25, -0.2) is 0 Å². The summed E-state index contributed by atoms with van der Waals surface area (Å²) in [7, 11) is 1.73. The molecule has 1 aromatic heterocycles. The molecular formula is C17H20N2O2. The number of amides is 1. The Morgan fingerprint density at radius 2 is 2.10 bits per heavy atom. The van der Waals surface area contributed by atoms with Gasteiger partial charge in [-0.2, -0.15) is 0 Å². The van der Waals surface area contributed by atoms with Crippen molar-refractivity contribution in [2.75, 3.05) is 13.7 Å². The molecule has 2 heterocycles. The number of carbonyl (C=O) groups is 1. The first-order valence-corrected chi connectivity index (χ1v) is 7.30. The molecule has 21 heavy (non-hydrogen) atoms. The Labute approximate surface area is 124 Å². The zero-order valence-corrected chi connectivity index (χ0v) is 12.2. The van der Waals surface area contributed by atoms with Gasteiger partial charge in [-0.15, -0.1) is 0 Å². The first-order valence-electron chi connectivity index (χ1n) is 7.30. The highest BCUT2D eigenvalue weighted by atomic mass is 16.5. The fourth-order valence-electron chi connectivity index (χ4n) is 3.07. The molecule has 1 N–H and O–H groups in total. The third-order valence-corrected chi connectivity index (χ3v) is 4.16. The molecule has 1 saturated heterocycles. The highest BCUT2D eigenvalue weighted by molar-refractivity contribution is 5.92. The van der Waals surface area contributed by atoms with E-state index in [9.17, 15) is 4.79 Å². The van der Waals surface area contributed by atoms with Crippen molar-refractivity contribution in [1.82, 2.24) is 9.88 Å². The van der Waals surface area contributed by atoms with Crippen molar-refractivity contribution in [2.45, 2.75) is 25.0 Å². The standard InChI is InChI=1S/C17H20N2O2/c1-21-16-9-11-19(17(20)14-8-5-10-18-14)15(16)12-13-6-3-2-4-7-13/h2-8,10,15-16,18H,9,11-12H2,1H3/t15-,16-/m0/s1. The molecule has 0 unspecified atom stereocenters. The van der Waals surface area contributed by atoms with Crippen LogP contribution in [0, 0.1) is 0 Å². The fraction of sp³-hybridized carbons (Fsp3) is 0.353. The largest absolute Gasteiger partial charge is 0.379 e. The molecule has 110 valence electrons.